The van der Waals surface area contributed by atoms with Gasteiger partial charge in [-0.2, -0.15) is 0 Å². The Morgan fingerprint density at radius 3 is 2.75 bits per heavy atom. The highest BCUT2D eigenvalue weighted by Gasteiger charge is 2.18. The highest BCUT2D eigenvalue weighted by Crippen LogP contribution is 2.21. The summed E-state index contributed by atoms with van der Waals surface area (Å²) in [6.45, 7) is 3.76. The van der Waals surface area contributed by atoms with Gasteiger partial charge in [-0.1, -0.05) is 35.1 Å². The lowest BCUT2D eigenvalue weighted by molar-refractivity contribution is -0.113. The molecule has 1 aliphatic rings. The van der Waals surface area contributed by atoms with Crippen LogP contribution in [-0.4, -0.2) is 40.0 Å². The minimum Gasteiger partial charge on any atom is -0.360 e. The van der Waals surface area contributed by atoms with Crippen molar-refractivity contribution in [2.75, 3.05) is 24.2 Å². The molecular weight excluding hydrogens is 324 g/mol. The zero-order chi connectivity index (χ0) is 16.8. The molecule has 0 spiro atoms. The van der Waals surface area contributed by atoms with Crippen molar-refractivity contribution >= 4 is 34.3 Å². The number of rotatable bonds is 4. The molecule has 2 heterocycles. The molecule has 3 rings (SSSR count). The van der Waals surface area contributed by atoms with Crippen LogP contribution in [0.5, 0.6) is 0 Å². The second kappa shape index (κ2) is 8.01. The fourth-order valence-electron chi connectivity index (χ4n) is 2.45. The first-order chi connectivity index (χ1) is 11.7. The van der Waals surface area contributed by atoms with Crippen molar-refractivity contribution in [1.82, 2.24) is 10.1 Å². The first-order valence-electron chi connectivity index (χ1n) is 7.95. The van der Waals surface area contributed by atoms with E-state index in [4.69, 9.17) is 9.52 Å². The van der Waals surface area contributed by atoms with E-state index in [1.807, 2.05) is 30.3 Å². The number of amides is 1. The second-order valence-electron chi connectivity index (χ2n) is 5.58. The van der Waals surface area contributed by atoms with E-state index in [9.17, 15) is 4.79 Å². The quantitative estimate of drug-likeness (QED) is 0.679. The van der Waals surface area contributed by atoms with E-state index in [2.05, 4.69) is 15.4 Å². The summed E-state index contributed by atoms with van der Waals surface area (Å²) < 4.78 is 4.95. The number of nitrogens with zero attached hydrogens (tertiary/aromatic N) is 3. The zero-order valence-corrected chi connectivity index (χ0v) is 14.4. The van der Waals surface area contributed by atoms with Gasteiger partial charge in [0.1, 0.15) is 5.76 Å². The fourth-order valence-corrected chi connectivity index (χ4v) is 3.32. The van der Waals surface area contributed by atoms with Crippen molar-refractivity contribution in [2.24, 2.45) is 4.99 Å². The van der Waals surface area contributed by atoms with Crippen molar-refractivity contribution in [1.29, 1.82) is 0 Å². The summed E-state index contributed by atoms with van der Waals surface area (Å²) in [4.78, 5) is 19.1. The molecule has 6 nitrogen and oxygen atoms in total. The molecule has 0 aliphatic carbocycles. The Bertz CT molecular complexity index is 708. The molecule has 0 unspecified atom stereocenters. The number of aromatic nitrogens is 1. The number of carbonyl (C=O) groups is 1. The molecule has 0 atom stereocenters. The second-order valence-corrected chi connectivity index (χ2v) is 6.53. The van der Waals surface area contributed by atoms with E-state index in [1.54, 1.807) is 13.0 Å². The average molecular weight is 344 g/mol. The average Bonchev–Trinajstić information content (AvgIpc) is 3.24. The van der Waals surface area contributed by atoms with Gasteiger partial charge in [0.2, 0.25) is 5.91 Å². The summed E-state index contributed by atoms with van der Waals surface area (Å²) in [7, 11) is 0. The number of hydrogen-bond acceptors (Lipinski definition) is 5. The van der Waals surface area contributed by atoms with Gasteiger partial charge in [0.05, 0.1) is 11.4 Å². The number of amidine groups is 1. The van der Waals surface area contributed by atoms with Gasteiger partial charge in [-0.15, -0.1) is 0 Å². The van der Waals surface area contributed by atoms with Gasteiger partial charge in [0.25, 0.3) is 0 Å². The maximum Gasteiger partial charge on any atom is 0.236 e. The number of thioether (sulfide) groups is 1. The molecule has 1 aromatic heterocycles. The minimum atomic E-state index is -0.117. The summed E-state index contributed by atoms with van der Waals surface area (Å²) >= 11 is 1.45. The van der Waals surface area contributed by atoms with Crippen LogP contribution in [0.15, 0.2) is 45.9 Å². The largest absolute Gasteiger partial charge is 0.360 e. The summed E-state index contributed by atoms with van der Waals surface area (Å²) in [5, 5.41) is 7.40. The number of anilines is 1. The third-order valence-corrected chi connectivity index (χ3v) is 4.60. The maximum absolute atomic E-state index is 12.1. The minimum absolute atomic E-state index is 0.117. The Morgan fingerprint density at radius 2 is 2.08 bits per heavy atom. The Labute approximate surface area is 145 Å². The monoisotopic (exact) mass is 344 g/mol. The normalized spacial score (nSPS) is 14.9. The molecule has 1 fully saturated rings. The van der Waals surface area contributed by atoms with Gasteiger partial charge in [0, 0.05) is 19.2 Å². The van der Waals surface area contributed by atoms with Gasteiger partial charge in [-0.3, -0.25) is 4.79 Å². The molecule has 24 heavy (non-hydrogen) atoms. The molecule has 0 radical (unpaired) electrons. The van der Waals surface area contributed by atoms with Crippen LogP contribution in [0.3, 0.4) is 0 Å². The Hall–Kier alpha value is -2.28. The van der Waals surface area contributed by atoms with Crippen LogP contribution in [0, 0.1) is 6.92 Å². The maximum atomic E-state index is 12.1. The molecule has 7 heteroatoms. The number of nitrogens with one attached hydrogen (secondary N) is 1. The fraction of sp³-hybridized carbons (Fsp3) is 0.353. The van der Waals surface area contributed by atoms with Crippen LogP contribution in [0.2, 0.25) is 0 Å². The van der Waals surface area contributed by atoms with Crippen molar-refractivity contribution in [3.05, 3.63) is 42.2 Å². The lowest BCUT2D eigenvalue weighted by Gasteiger charge is -2.19. The highest BCUT2D eigenvalue weighted by atomic mass is 32.2. The highest BCUT2D eigenvalue weighted by molar-refractivity contribution is 8.14. The Morgan fingerprint density at radius 1 is 1.33 bits per heavy atom. The third-order valence-electron chi connectivity index (χ3n) is 3.59. The number of carbonyl (C=O) groups excluding carboxylic acids is 1. The van der Waals surface area contributed by atoms with Crippen molar-refractivity contribution in [2.45, 2.75) is 19.8 Å². The van der Waals surface area contributed by atoms with E-state index in [0.29, 0.717) is 11.6 Å². The molecule has 1 aliphatic heterocycles. The van der Waals surface area contributed by atoms with Crippen LogP contribution in [0.25, 0.3) is 0 Å². The first-order valence-corrected chi connectivity index (χ1v) is 8.94. The van der Waals surface area contributed by atoms with Gasteiger partial charge < -0.3 is 14.7 Å². The van der Waals surface area contributed by atoms with Gasteiger partial charge >= 0.3 is 0 Å². The van der Waals surface area contributed by atoms with E-state index >= 15 is 0 Å². The number of likely N-dealkylation sites (tertiary alicyclic amines) is 1. The van der Waals surface area contributed by atoms with E-state index in [0.717, 1.165) is 23.9 Å². The zero-order valence-electron chi connectivity index (χ0n) is 13.6. The Kier molecular flexibility index (Phi) is 5.53. The van der Waals surface area contributed by atoms with Crippen molar-refractivity contribution < 1.29 is 9.32 Å². The predicted octanol–water partition coefficient (Wildman–Crippen LogP) is 3.44. The number of hydrogen-bond donors (Lipinski definition) is 1. The number of benzene rings is 1. The topological polar surface area (TPSA) is 70.7 Å². The van der Waals surface area contributed by atoms with Crippen molar-refractivity contribution in [3.63, 3.8) is 0 Å². The summed E-state index contributed by atoms with van der Waals surface area (Å²) in [5.41, 5.74) is 0.902. The lowest BCUT2D eigenvalue weighted by atomic mass is 10.3. The molecule has 1 aromatic carbocycles. The van der Waals surface area contributed by atoms with Crippen LogP contribution >= 0.6 is 11.8 Å². The standard InChI is InChI=1S/C17H20N4O2S/c1-13-11-15(20-23-13)19-16(22)12-24-17(21-9-5-6-10-21)18-14-7-3-2-4-8-14/h2-4,7-8,11H,5-6,9-10,12H2,1H3,(H,19,20,22). The predicted molar refractivity (Wildman–Crippen MR) is 96.7 cm³/mol. The summed E-state index contributed by atoms with van der Waals surface area (Å²) in [5.74, 6) is 1.28. The van der Waals surface area contributed by atoms with E-state index in [-0.39, 0.29) is 11.7 Å². The molecule has 0 bridgehead atoms. The molecule has 1 N–H and O–H groups in total. The van der Waals surface area contributed by atoms with Crippen molar-refractivity contribution in [3.8, 4) is 0 Å². The molecular formula is C17H20N4O2S. The lowest BCUT2D eigenvalue weighted by Crippen LogP contribution is -2.27. The SMILES string of the molecule is Cc1cc(NC(=O)CSC(=Nc2ccccc2)N2CCCC2)no1. The Balaban J connectivity index is 1.63. The number of aliphatic imine (C=N–C) groups is 1. The number of para-hydroxylation sites is 1. The molecule has 126 valence electrons. The molecule has 2 aromatic rings. The van der Waals surface area contributed by atoms with Crippen LogP contribution < -0.4 is 5.32 Å². The number of aryl methyl sites for hydroxylation is 1. The first kappa shape index (κ1) is 16.6. The van der Waals surface area contributed by atoms with Gasteiger partial charge in [-0.25, -0.2) is 4.99 Å². The summed E-state index contributed by atoms with van der Waals surface area (Å²) in [6.07, 6.45) is 2.33. The summed E-state index contributed by atoms with van der Waals surface area (Å²) in [6, 6.07) is 11.5. The van der Waals surface area contributed by atoms with Gasteiger partial charge in [0.15, 0.2) is 11.0 Å². The smallest absolute Gasteiger partial charge is 0.236 e. The third kappa shape index (κ3) is 4.61. The van der Waals surface area contributed by atoms with E-state index in [1.165, 1.54) is 24.6 Å². The van der Waals surface area contributed by atoms with Crippen LogP contribution in [0.1, 0.15) is 18.6 Å². The van der Waals surface area contributed by atoms with Gasteiger partial charge in [-0.05, 0) is 31.9 Å². The molecule has 0 saturated carbocycles. The van der Waals surface area contributed by atoms with Crippen LogP contribution in [-0.2, 0) is 4.79 Å². The van der Waals surface area contributed by atoms with Crippen LogP contribution in [0.4, 0.5) is 11.5 Å². The molecule has 1 saturated heterocycles. The van der Waals surface area contributed by atoms with E-state index < -0.39 is 0 Å². The molecule has 1 amide bonds.